The highest BCUT2D eigenvalue weighted by molar-refractivity contribution is 5.04. The van der Waals surface area contributed by atoms with Gasteiger partial charge in [0.1, 0.15) is 5.82 Å². The molecule has 1 atom stereocenters. The van der Waals surface area contributed by atoms with Crippen LogP contribution in [0.4, 0.5) is 0 Å². The SMILES string of the molecule is Cn1nc(C2CCCCC2)nc1C1COCCN1. The van der Waals surface area contributed by atoms with Gasteiger partial charge in [-0.05, 0) is 12.8 Å². The number of ether oxygens (including phenoxy) is 1. The Labute approximate surface area is 108 Å². The first-order valence-electron chi connectivity index (χ1n) is 7.06. The minimum atomic E-state index is 0.202. The number of morpholine rings is 1. The van der Waals surface area contributed by atoms with E-state index < -0.39 is 0 Å². The monoisotopic (exact) mass is 250 g/mol. The van der Waals surface area contributed by atoms with Crippen LogP contribution in [-0.4, -0.2) is 34.5 Å². The third-order valence-electron chi connectivity index (χ3n) is 4.02. The van der Waals surface area contributed by atoms with Crippen molar-refractivity contribution >= 4 is 0 Å². The van der Waals surface area contributed by atoms with Crippen molar-refractivity contribution in [1.29, 1.82) is 0 Å². The van der Waals surface area contributed by atoms with Crippen LogP contribution in [0.5, 0.6) is 0 Å². The van der Waals surface area contributed by atoms with E-state index in [9.17, 15) is 0 Å². The summed E-state index contributed by atoms with van der Waals surface area (Å²) in [5.74, 6) is 2.64. The second-order valence-electron chi connectivity index (χ2n) is 5.37. The van der Waals surface area contributed by atoms with E-state index in [1.165, 1.54) is 32.1 Å². The maximum Gasteiger partial charge on any atom is 0.154 e. The summed E-state index contributed by atoms with van der Waals surface area (Å²) in [5, 5.41) is 8.06. The van der Waals surface area contributed by atoms with E-state index in [4.69, 9.17) is 9.72 Å². The average Bonchev–Trinajstić information content (AvgIpc) is 2.83. The first kappa shape index (κ1) is 12.1. The van der Waals surface area contributed by atoms with E-state index in [1.807, 2.05) is 11.7 Å². The van der Waals surface area contributed by atoms with E-state index in [0.717, 1.165) is 24.8 Å². The fraction of sp³-hybridized carbons (Fsp3) is 0.846. The lowest BCUT2D eigenvalue weighted by atomic mass is 9.89. The highest BCUT2D eigenvalue weighted by Crippen LogP contribution is 2.31. The predicted octanol–water partition coefficient (Wildman–Crippen LogP) is 1.52. The first-order valence-corrected chi connectivity index (χ1v) is 7.06. The number of aryl methyl sites for hydroxylation is 1. The molecule has 1 unspecified atom stereocenters. The van der Waals surface area contributed by atoms with E-state index in [2.05, 4.69) is 10.4 Å². The Morgan fingerprint density at radius 1 is 1.28 bits per heavy atom. The maximum absolute atomic E-state index is 5.50. The molecule has 0 spiro atoms. The van der Waals surface area contributed by atoms with Crippen LogP contribution < -0.4 is 5.32 Å². The highest BCUT2D eigenvalue weighted by Gasteiger charge is 2.25. The molecule has 0 aromatic carbocycles. The Balaban J connectivity index is 1.76. The van der Waals surface area contributed by atoms with Crippen LogP contribution in [0, 0.1) is 0 Å². The number of nitrogens with one attached hydrogen (secondary N) is 1. The molecule has 1 aliphatic heterocycles. The van der Waals surface area contributed by atoms with Gasteiger partial charge in [0.05, 0.1) is 19.3 Å². The minimum absolute atomic E-state index is 0.202. The van der Waals surface area contributed by atoms with Crippen molar-refractivity contribution in [3.05, 3.63) is 11.6 Å². The van der Waals surface area contributed by atoms with Crippen LogP contribution in [-0.2, 0) is 11.8 Å². The Hall–Kier alpha value is -0.940. The number of nitrogens with zero attached hydrogens (tertiary/aromatic N) is 3. The summed E-state index contributed by atoms with van der Waals surface area (Å²) >= 11 is 0. The zero-order valence-corrected chi connectivity index (χ0v) is 11.1. The Bertz CT molecular complexity index is 392. The number of hydrogen-bond donors (Lipinski definition) is 1. The van der Waals surface area contributed by atoms with Crippen molar-refractivity contribution in [3.63, 3.8) is 0 Å². The number of aromatic nitrogens is 3. The number of hydrogen-bond acceptors (Lipinski definition) is 4. The second-order valence-corrected chi connectivity index (χ2v) is 5.37. The predicted molar refractivity (Wildman–Crippen MR) is 68.4 cm³/mol. The van der Waals surface area contributed by atoms with Gasteiger partial charge in [-0.25, -0.2) is 4.98 Å². The van der Waals surface area contributed by atoms with Gasteiger partial charge in [0.2, 0.25) is 0 Å². The summed E-state index contributed by atoms with van der Waals surface area (Å²) in [6.07, 6.45) is 6.51. The van der Waals surface area contributed by atoms with Crippen molar-refractivity contribution in [2.24, 2.45) is 7.05 Å². The molecule has 2 aliphatic rings. The lowest BCUT2D eigenvalue weighted by Crippen LogP contribution is -2.36. The van der Waals surface area contributed by atoms with Gasteiger partial charge in [-0.3, -0.25) is 4.68 Å². The lowest BCUT2D eigenvalue weighted by molar-refractivity contribution is 0.0730. The summed E-state index contributed by atoms with van der Waals surface area (Å²) in [4.78, 5) is 4.77. The highest BCUT2D eigenvalue weighted by atomic mass is 16.5. The summed E-state index contributed by atoms with van der Waals surface area (Å²) in [6, 6.07) is 0.202. The Morgan fingerprint density at radius 2 is 2.11 bits per heavy atom. The van der Waals surface area contributed by atoms with Gasteiger partial charge in [0, 0.05) is 19.5 Å². The van der Waals surface area contributed by atoms with E-state index >= 15 is 0 Å². The van der Waals surface area contributed by atoms with Crippen molar-refractivity contribution < 1.29 is 4.74 Å². The summed E-state index contributed by atoms with van der Waals surface area (Å²) in [6.45, 7) is 2.40. The van der Waals surface area contributed by atoms with E-state index in [-0.39, 0.29) is 6.04 Å². The van der Waals surface area contributed by atoms with Gasteiger partial charge in [0.15, 0.2) is 5.82 Å². The van der Waals surface area contributed by atoms with Gasteiger partial charge in [-0.2, -0.15) is 5.10 Å². The van der Waals surface area contributed by atoms with Crippen molar-refractivity contribution in [2.45, 2.75) is 44.1 Å². The van der Waals surface area contributed by atoms with Crippen LogP contribution in [0.15, 0.2) is 0 Å². The number of rotatable bonds is 2. The van der Waals surface area contributed by atoms with Gasteiger partial charge < -0.3 is 10.1 Å². The largest absolute Gasteiger partial charge is 0.378 e. The molecule has 1 saturated heterocycles. The van der Waals surface area contributed by atoms with Crippen molar-refractivity contribution in [3.8, 4) is 0 Å². The molecule has 2 heterocycles. The molecule has 1 aliphatic carbocycles. The molecule has 1 N–H and O–H groups in total. The first-order chi connectivity index (χ1) is 8.84. The molecule has 1 aromatic heterocycles. The van der Waals surface area contributed by atoms with Gasteiger partial charge in [-0.1, -0.05) is 19.3 Å². The molecule has 1 saturated carbocycles. The minimum Gasteiger partial charge on any atom is -0.378 e. The van der Waals surface area contributed by atoms with Crippen LogP contribution in [0.2, 0.25) is 0 Å². The molecule has 18 heavy (non-hydrogen) atoms. The normalized spacial score (nSPS) is 26.4. The van der Waals surface area contributed by atoms with Crippen molar-refractivity contribution in [1.82, 2.24) is 20.1 Å². The summed E-state index contributed by atoms with van der Waals surface area (Å²) < 4.78 is 7.43. The summed E-state index contributed by atoms with van der Waals surface area (Å²) in [7, 11) is 1.99. The van der Waals surface area contributed by atoms with Crippen LogP contribution in [0.25, 0.3) is 0 Å². The smallest absolute Gasteiger partial charge is 0.154 e. The van der Waals surface area contributed by atoms with Gasteiger partial charge in [-0.15, -0.1) is 0 Å². The zero-order valence-electron chi connectivity index (χ0n) is 11.1. The fourth-order valence-electron chi connectivity index (χ4n) is 2.99. The molecule has 0 radical (unpaired) electrons. The molecular weight excluding hydrogens is 228 g/mol. The molecular formula is C13H22N4O. The third kappa shape index (κ3) is 2.42. The quantitative estimate of drug-likeness (QED) is 0.864. The van der Waals surface area contributed by atoms with Crippen LogP contribution >= 0.6 is 0 Å². The lowest BCUT2D eigenvalue weighted by Gasteiger charge is -2.22. The molecule has 100 valence electrons. The molecule has 0 bridgehead atoms. The molecule has 3 rings (SSSR count). The fourth-order valence-corrected chi connectivity index (χ4v) is 2.99. The molecule has 5 nitrogen and oxygen atoms in total. The molecule has 0 amide bonds. The van der Waals surface area contributed by atoms with Crippen LogP contribution in [0.3, 0.4) is 0 Å². The second kappa shape index (κ2) is 5.36. The third-order valence-corrected chi connectivity index (χ3v) is 4.02. The summed E-state index contributed by atoms with van der Waals surface area (Å²) in [5.41, 5.74) is 0. The van der Waals surface area contributed by atoms with Crippen LogP contribution in [0.1, 0.15) is 55.7 Å². The van der Waals surface area contributed by atoms with Gasteiger partial charge in [0.25, 0.3) is 0 Å². The molecule has 2 fully saturated rings. The topological polar surface area (TPSA) is 52.0 Å². The van der Waals surface area contributed by atoms with Gasteiger partial charge >= 0.3 is 0 Å². The maximum atomic E-state index is 5.50. The average molecular weight is 250 g/mol. The van der Waals surface area contributed by atoms with E-state index in [1.54, 1.807) is 0 Å². The van der Waals surface area contributed by atoms with Crippen molar-refractivity contribution in [2.75, 3.05) is 19.8 Å². The molecule has 5 heteroatoms. The Morgan fingerprint density at radius 3 is 2.83 bits per heavy atom. The Kier molecular flexibility index (Phi) is 3.61. The van der Waals surface area contributed by atoms with E-state index in [0.29, 0.717) is 12.5 Å². The zero-order chi connectivity index (χ0) is 12.4. The molecule has 1 aromatic rings. The standard InChI is InChI=1S/C13H22N4O/c1-17-13(11-9-18-8-7-14-11)15-12(16-17)10-5-3-2-4-6-10/h10-11,14H,2-9H2,1H3.